The van der Waals surface area contributed by atoms with Crippen LogP contribution in [-0.2, 0) is 13.1 Å². The zero-order valence-electron chi connectivity index (χ0n) is 13.6. The number of ether oxygens (including phenoxy) is 1. The lowest BCUT2D eigenvalue weighted by Crippen LogP contribution is -2.33. The van der Waals surface area contributed by atoms with Gasteiger partial charge in [-0.2, -0.15) is 0 Å². The van der Waals surface area contributed by atoms with Crippen molar-refractivity contribution in [3.63, 3.8) is 0 Å². The molecule has 5 nitrogen and oxygen atoms in total. The normalized spacial score (nSPS) is 17.5. The predicted molar refractivity (Wildman–Crippen MR) is 91.8 cm³/mol. The summed E-state index contributed by atoms with van der Waals surface area (Å²) in [5, 5.41) is 0. The van der Waals surface area contributed by atoms with Gasteiger partial charge in [0.1, 0.15) is 5.75 Å². The van der Waals surface area contributed by atoms with Gasteiger partial charge in [0.05, 0.1) is 24.8 Å². The van der Waals surface area contributed by atoms with Gasteiger partial charge in [-0.1, -0.05) is 18.2 Å². The lowest BCUT2D eigenvalue weighted by molar-refractivity contribution is 0.227. The number of aromatic amines is 1. The number of nitrogens with one attached hydrogen (secondary N) is 1. The minimum atomic E-state index is 0.242. The first-order valence-corrected chi connectivity index (χ1v) is 8.11. The van der Waals surface area contributed by atoms with Crippen molar-refractivity contribution in [3.05, 3.63) is 77.6 Å². The number of rotatable bonds is 4. The van der Waals surface area contributed by atoms with E-state index in [9.17, 15) is 0 Å². The number of pyridine rings is 1. The van der Waals surface area contributed by atoms with Crippen LogP contribution in [0.5, 0.6) is 5.75 Å². The average molecular weight is 320 g/mol. The lowest BCUT2D eigenvalue weighted by atomic mass is 9.90. The lowest BCUT2D eigenvalue weighted by Gasteiger charge is -2.32. The second-order valence-corrected chi connectivity index (χ2v) is 6.13. The standard InChI is InChI=1S/C19H20N4O/c1-24-16-6-2-5-15(8-16)17-11-23(10-14-4-3-7-20-9-14)12-18-19(17)22-13-21-18/h2-9,13,17H,10-12H2,1H3,(H,21,22). The summed E-state index contributed by atoms with van der Waals surface area (Å²) in [4.78, 5) is 14.5. The molecule has 122 valence electrons. The maximum Gasteiger partial charge on any atom is 0.119 e. The maximum atomic E-state index is 5.39. The van der Waals surface area contributed by atoms with Crippen molar-refractivity contribution in [1.82, 2.24) is 19.9 Å². The minimum Gasteiger partial charge on any atom is -0.497 e. The number of H-pyrrole nitrogens is 1. The van der Waals surface area contributed by atoms with E-state index in [0.29, 0.717) is 0 Å². The highest BCUT2D eigenvalue weighted by Gasteiger charge is 2.29. The van der Waals surface area contributed by atoms with Gasteiger partial charge in [-0.05, 0) is 29.3 Å². The van der Waals surface area contributed by atoms with Crippen LogP contribution in [0, 0.1) is 0 Å². The molecule has 2 aromatic heterocycles. The van der Waals surface area contributed by atoms with Crippen LogP contribution in [0.15, 0.2) is 55.1 Å². The Balaban J connectivity index is 1.64. The number of methoxy groups -OCH3 is 1. The van der Waals surface area contributed by atoms with Crippen molar-refractivity contribution in [3.8, 4) is 5.75 Å². The molecule has 1 aromatic carbocycles. The van der Waals surface area contributed by atoms with E-state index in [1.165, 1.54) is 16.8 Å². The summed E-state index contributed by atoms with van der Waals surface area (Å²) in [6.07, 6.45) is 5.54. The molecule has 0 fully saturated rings. The molecule has 24 heavy (non-hydrogen) atoms. The van der Waals surface area contributed by atoms with Crippen LogP contribution >= 0.6 is 0 Å². The Bertz CT molecular complexity index is 815. The number of benzene rings is 1. The summed E-state index contributed by atoms with van der Waals surface area (Å²) in [5.41, 5.74) is 4.80. The SMILES string of the molecule is COc1cccc(C2CN(Cc3cccnc3)Cc3[nH]cnc32)c1. The molecule has 0 spiro atoms. The van der Waals surface area contributed by atoms with Crippen LogP contribution in [-0.4, -0.2) is 33.5 Å². The van der Waals surface area contributed by atoms with E-state index in [2.05, 4.69) is 38.1 Å². The molecule has 5 heteroatoms. The van der Waals surface area contributed by atoms with Gasteiger partial charge in [-0.25, -0.2) is 4.98 Å². The topological polar surface area (TPSA) is 54.0 Å². The van der Waals surface area contributed by atoms with Gasteiger partial charge in [0.2, 0.25) is 0 Å². The number of fused-ring (bicyclic) bond motifs is 1. The van der Waals surface area contributed by atoms with E-state index in [0.717, 1.165) is 31.1 Å². The summed E-state index contributed by atoms with van der Waals surface area (Å²) >= 11 is 0. The Morgan fingerprint density at radius 2 is 2.25 bits per heavy atom. The zero-order valence-corrected chi connectivity index (χ0v) is 13.6. The molecule has 0 saturated heterocycles. The van der Waals surface area contributed by atoms with Crippen molar-refractivity contribution in [2.75, 3.05) is 13.7 Å². The number of aromatic nitrogens is 3. The van der Waals surface area contributed by atoms with Crippen LogP contribution in [0.1, 0.15) is 28.4 Å². The van der Waals surface area contributed by atoms with Gasteiger partial charge in [0, 0.05) is 37.9 Å². The molecule has 4 rings (SSSR count). The Kier molecular flexibility index (Phi) is 4.01. The smallest absolute Gasteiger partial charge is 0.119 e. The van der Waals surface area contributed by atoms with E-state index >= 15 is 0 Å². The van der Waals surface area contributed by atoms with Crippen LogP contribution in [0.25, 0.3) is 0 Å². The second kappa shape index (κ2) is 6.45. The molecule has 0 amide bonds. The van der Waals surface area contributed by atoms with Crippen molar-refractivity contribution in [1.29, 1.82) is 0 Å². The van der Waals surface area contributed by atoms with Crippen LogP contribution in [0.4, 0.5) is 0 Å². The number of hydrogen-bond acceptors (Lipinski definition) is 4. The molecule has 1 unspecified atom stereocenters. The second-order valence-electron chi connectivity index (χ2n) is 6.13. The number of nitrogens with zero attached hydrogens (tertiary/aromatic N) is 3. The van der Waals surface area contributed by atoms with Crippen molar-refractivity contribution in [2.45, 2.75) is 19.0 Å². The van der Waals surface area contributed by atoms with E-state index in [1.54, 1.807) is 13.4 Å². The fourth-order valence-corrected chi connectivity index (χ4v) is 3.38. The van der Waals surface area contributed by atoms with Crippen molar-refractivity contribution >= 4 is 0 Å². The minimum absolute atomic E-state index is 0.242. The molecule has 1 atom stereocenters. The first-order valence-electron chi connectivity index (χ1n) is 8.11. The van der Waals surface area contributed by atoms with E-state index in [1.807, 2.05) is 30.6 Å². The largest absolute Gasteiger partial charge is 0.497 e. The average Bonchev–Trinajstić information content (AvgIpc) is 3.10. The molecule has 0 bridgehead atoms. The molecule has 0 aliphatic carbocycles. The van der Waals surface area contributed by atoms with Crippen LogP contribution < -0.4 is 4.74 Å². The Morgan fingerprint density at radius 1 is 1.29 bits per heavy atom. The third kappa shape index (κ3) is 2.90. The molecular weight excluding hydrogens is 300 g/mol. The third-order valence-corrected chi connectivity index (χ3v) is 4.53. The van der Waals surface area contributed by atoms with Gasteiger partial charge in [-0.15, -0.1) is 0 Å². The van der Waals surface area contributed by atoms with Gasteiger partial charge in [0.25, 0.3) is 0 Å². The van der Waals surface area contributed by atoms with E-state index in [4.69, 9.17) is 4.74 Å². The van der Waals surface area contributed by atoms with Crippen LogP contribution in [0.2, 0.25) is 0 Å². The summed E-state index contributed by atoms with van der Waals surface area (Å²) in [7, 11) is 1.70. The molecule has 1 aliphatic rings. The number of imidazole rings is 1. The fraction of sp³-hybridized carbons (Fsp3) is 0.263. The molecule has 3 heterocycles. The highest BCUT2D eigenvalue weighted by atomic mass is 16.5. The molecule has 0 radical (unpaired) electrons. The van der Waals surface area contributed by atoms with E-state index < -0.39 is 0 Å². The molecule has 0 saturated carbocycles. The fourth-order valence-electron chi connectivity index (χ4n) is 3.38. The Hall–Kier alpha value is -2.66. The first-order chi connectivity index (χ1) is 11.8. The summed E-state index contributed by atoms with van der Waals surface area (Å²) in [6.45, 7) is 2.69. The van der Waals surface area contributed by atoms with Crippen molar-refractivity contribution < 1.29 is 4.74 Å². The van der Waals surface area contributed by atoms with Gasteiger partial charge >= 0.3 is 0 Å². The summed E-state index contributed by atoms with van der Waals surface area (Å²) in [5.74, 6) is 1.13. The third-order valence-electron chi connectivity index (χ3n) is 4.53. The summed E-state index contributed by atoms with van der Waals surface area (Å²) < 4.78 is 5.39. The molecule has 1 N–H and O–H groups in total. The Labute approximate surface area is 141 Å². The highest BCUT2D eigenvalue weighted by molar-refractivity contribution is 5.38. The molecule has 1 aliphatic heterocycles. The first kappa shape index (κ1) is 14.9. The van der Waals surface area contributed by atoms with Gasteiger partial charge < -0.3 is 9.72 Å². The van der Waals surface area contributed by atoms with Gasteiger partial charge in [-0.3, -0.25) is 9.88 Å². The monoisotopic (exact) mass is 320 g/mol. The molecular formula is C19H20N4O. The summed E-state index contributed by atoms with van der Waals surface area (Å²) in [6, 6.07) is 12.4. The van der Waals surface area contributed by atoms with E-state index in [-0.39, 0.29) is 5.92 Å². The van der Waals surface area contributed by atoms with Crippen LogP contribution in [0.3, 0.4) is 0 Å². The molecule has 3 aromatic rings. The highest BCUT2D eigenvalue weighted by Crippen LogP contribution is 2.33. The maximum absolute atomic E-state index is 5.39. The quantitative estimate of drug-likeness (QED) is 0.803. The van der Waals surface area contributed by atoms with Crippen molar-refractivity contribution in [2.24, 2.45) is 0 Å². The number of hydrogen-bond donors (Lipinski definition) is 1. The predicted octanol–water partition coefficient (Wildman–Crippen LogP) is 2.96. The zero-order chi connectivity index (χ0) is 16.4. The Morgan fingerprint density at radius 3 is 3.08 bits per heavy atom. The van der Waals surface area contributed by atoms with Gasteiger partial charge in [0.15, 0.2) is 0 Å².